The molecule has 1 heterocycles. The lowest BCUT2D eigenvalue weighted by Crippen LogP contribution is -2.55. The normalized spacial score (nSPS) is 17.3. The second-order valence-corrected chi connectivity index (χ2v) is 9.54. The summed E-state index contributed by atoms with van der Waals surface area (Å²) in [5, 5.41) is 15.0. The standard InChI is InChI=1S/C25H29BrN4O4/c1-15(2)13-21(22(31)27-16(3)24(33)34)30-23(32)20(14-17-9-5-4-6-10-17)29-25(30)28-19-12-8-7-11-18(19)26/h4-12,15-16,20-21H,13-14H2,1-3H3,(H,27,31)(H,28,29)(H,33,34)/t16-,20-,21-/m0/s1. The Morgan fingerprint density at radius 1 is 1.09 bits per heavy atom. The van der Waals surface area contributed by atoms with Crippen LogP contribution in [0.3, 0.4) is 0 Å². The van der Waals surface area contributed by atoms with Crippen LogP contribution in [0.5, 0.6) is 0 Å². The van der Waals surface area contributed by atoms with Crippen LogP contribution in [0.2, 0.25) is 0 Å². The van der Waals surface area contributed by atoms with Gasteiger partial charge in [0.2, 0.25) is 11.9 Å². The molecule has 1 aliphatic heterocycles. The molecule has 3 rings (SSSR count). The number of hydrogen-bond acceptors (Lipinski definition) is 5. The number of anilines is 1. The monoisotopic (exact) mass is 528 g/mol. The minimum atomic E-state index is -1.15. The van der Waals surface area contributed by atoms with E-state index in [4.69, 9.17) is 0 Å². The largest absolute Gasteiger partial charge is 0.480 e. The predicted molar refractivity (Wildman–Crippen MR) is 134 cm³/mol. The average molecular weight is 529 g/mol. The Morgan fingerprint density at radius 2 is 1.74 bits per heavy atom. The molecule has 0 saturated carbocycles. The molecule has 180 valence electrons. The van der Waals surface area contributed by atoms with Gasteiger partial charge in [-0.05, 0) is 52.9 Å². The molecule has 9 heteroatoms. The van der Waals surface area contributed by atoms with Crippen LogP contribution in [-0.4, -0.2) is 51.9 Å². The fourth-order valence-corrected chi connectivity index (χ4v) is 4.11. The van der Waals surface area contributed by atoms with E-state index in [1.165, 1.54) is 11.8 Å². The number of aliphatic imine (C=N–C) groups is 1. The molecular formula is C25H29BrN4O4. The second kappa shape index (κ2) is 11.3. The molecule has 1 aliphatic rings. The van der Waals surface area contributed by atoms with Gasteiger partial charge in [0.25, 0.3) is 5.91 Å². The Balaban J connectivity index is 1.97. The fourth-order valence-electron chi connectivity index (χ4n) is 3.72. The highest BCUT2D eigenvalue weighted by Crippen LogP contribution is 2.27. The van der Waals surface area contributed by atoms with Gasteiger partial charge < -0.3 is 15.7 Å². The highest BCUT2D eigenvalue weighted by atomic mass is 79.9. The molecule has 3 N–H and O–H groups in total. The number of carbonyl (C=O) groups is 3. The number of carboxylic acid groups (broad SMARTS) is 1. The van der Waals surface area contributed by atoms with Gasteiger partial charge in [0.1, 0.15) is 18.1 Å². The van der Waals surface area contributed by atoms with Crippen molar-refractivity contribution in [3.8, 4) is 0 Å². The first kappa shape index (κ1) is 25.4. The molecule has 0 fully saturated rings. The minimum absolute atomic E-state index is 0.0709. The highest BCUT2D eigenvalue weighted by molar-refractivity contribution is 9.10. The first-order chi connectivity index (χ1) is 16.2. The van der Waals surface area contributed by atoms with Gasteiger partial charge in [-0.1, -0.05) is 56.3 Å². The number of carboxylic acids is 1. The Bertz CT molecular complexity index is 1070. The lowest BCUT2D eigenvalue weighted by Gasteiger charge is -2.30. The van der Waals surface area contributed by atoms with Crippen molar-refractivity contribution in [2.45, 2.75) is 51.7 Å². The summed E-state index contributed by atoms with van der Waals surface area (Å²) in [6.45, 7) is 5.28. The van der Waals surface area contributed by atoms with Crippen molar-refractivity contribution in [1.82, 2.24) is 10.2 Å². The van der Waals surface area contributed by atoms with Crippen LogP contribution in [-0.2, 0) is 20.8 Å². The van der Waals surface area contributed by atoms with Crippen molar-refractivity contribution in [3.05, 3.63) is 64.6 Å². The number of amides is 2. The van der Waals surface area contributed by atoms with Gasteiger partial charge in [-0.2, -0.15) is 0 Å². The predicted octanol–water partition coefficient (Wildman–Crippen LogP) is 3.67. The molecule has 34 heavy (non-hydrogen) atoms. The lowest BCUT2D eigenvalue weighted by molar-refractivity contribution is -0.142. The van der Waals surface area contributed by atoms with Gasteiger partial charge in [-0.3, -0.25) is 19.3 Å². The summed E-state index contributed by atoms with van der Waals surface area (Å²) in [6.07, 6.45) is 0.734. The average Bonchev–Trinajstić information content (AvgIpc) is 3.08. The lowest BCUT2D eigenvalue weighted by atomic mass is 10.00. The summed E-state index contributed by atoms with van der Waals surface area (Å²) in [7, 11) is 0. The van der Waals surface area contributed by atoms with Crippen LogP contribution >= 0.6 is 15.9 Å². The number of nitrogens with zero attached hydrogens (tertiary/aromatic N) is 2. The third-order valence-corrected chi connectivity index (χ3v) is 6.15. The number of rotatable bonds is 9. The number of aliphatic carboxylic acids is 1. The SMILES string of the molecule is CC(C)C[C@@H](C(=O)N[C@@H](C)C(=O)O)N1C(=O)[C@H](Cc2ccccc2)N=C1Nc1ccccc1Br. The van der Waals surface area contributed by atoms with Crippen LogP contribution < -0.4 is 10.6 Å². The third kappa shape index (κ3) is 6.22. The minimum Gasteiger partial charge on any atom is -0.480 e. The van der Waals surface area contributed by atoms with Crippen LogP contribution in [0.4, 0.5) is 5.69 Å². The summed E-state index contributed by atoms with van der Waals surface area (Å²) in [4.78, 5) is 44.2. The zero-order valence-corrected chi connectivity index (χ0v) is 21.0. The quantitative estimate of drug-likeness (QED) is 0.459. The van der Waals surface area contributed by atoms with Crippen molar-refractivity contribution in [1.29, 1.82) is 0 Å². The summed E-state index contributed by atoms with van der Waals surface area (Å²) < 4.78 is 0.779. The van der Waals surface area contributed by atoms with E-state index >= 15 is 0 Å². The smallest absolute Gasteiger partial charge is 0.325 e. The van der Waals surface area contributed by atoms with Gasteiger partial charge >= 0.3 is 5.97 Å². The van der Waals surface area contributed by atoms with Crippen molar-refractivity contribution in [3.63, 3.8) is 0 Å². The van der Waals surface area contributed by atoms with Crippen molar-refractivity contribution in [2.75, 3.05) is 5.32 Å². The van der Waals surface area contributed by atoms with E-state index in [1.54, 1.807) is 0 Å². The number of para-hydroxylation sites is 1. The van der Waals surface area contributed by atoms with Crippen LogP contribution in [0, 0.1) is 5.92 Å². The van der Waals surface area contributed by atoms with E-state index in [9.17, 15) is 19.5 Å². The fraction of sp³-hybridized carbons (Fsp3) is 0.360. The van der Waals surface area contributed by atoms with Crippen molar-refractivity contribution >= 4 is 45.4 Å². The van der Waals surface area contributed by atoms with Crippen LogP contribution in [0.1, 0.15) is 32.8 Å². The van der Waals surface area contributed by atoms with E-state index in [2.05, 4.69) is 31.6 Å². The Morgan fingerprint density at radius 3 is 2.35 bits per heavy atom. The Kier molecular flexibility index (Phi) is 8.44. The second-order valence-electron chi connectivity index (χ2n) is 8.69. The van der Waals surface area contributed by atoms with E-state index in [1.807, 2.05) is 68.4 Å². The first-order valence-electron chi connectivity index (χ1n) is 11.2. The molecule has 0 bridgehead atoms. The maximum Gasteiger partial charge on any atom is 0.325 e. The molecule has 3 atom stereocenters. The number of guanidine groups is 1. The van der Waals surface area contributed by atoms with E-state index < -0.39 is 30.0 Å². The molecule has 0 spiro atoms. The highest BCUT2D eigenvalue weighted by Gasteiger charge is 2.42. The number of benzene rings is 2. The first-order valence-corrected chi connectivity index (χ1v) is 12.0. The molecule has 0 aromatic heterocycles. The van der Waals surface area contributed by atoms with E-state index in [0.29, 0.717) is 18.5 Å². The summed E-state index contributed by atoms with van der Waals surface area (Å²) >= 11 is 3.50. The maximum atomic E-state index is 13.6. The molecule has 0 unspecified atom stereocenters. The van der Waals surface area contributed by atoms with Crippen molar-refractivity contribution in [2.24, 2.45) is 10.9 Å². The van der Waals surface area contributed by atoms with Gasteiger partial charge in [-0.15, -0.1) is 0 Å². The summed E-state index contributed by atoms with van der Waals surface area (Å²) in [5.74, 6) is -1.64. The summed E-state index contributed by atoms with van der Waals surface area (Å²) in [6, 6.07) is 14.3. The zero-order chi connectivity index (χ0) is 24.8. The Labute approximate surface area is 207 Å². The molecule has 2 aromatic rings. The van der Waals surface area contributed by atoms with E-state index in [0.717, 1.165) is 10.0 Å². The topological polar surface area (TPSA) is 111 Å². The van der Waals surface area contributed by atoms with Gasteiger partial charge in [0.05, 0.1) is 5.69 Å². The number of halogens is 1. The molecule has 8 nitrogen and oxygen atoms in total. The Hall–Kier alpha value is -3.20. The molecule has 2 aromatic carbocycles. The number of carbonyl (C=O) groups excluding carboxylic acids is 2. The molecular weight excluding hydrogens is 500 g/mol. The van der Waals surface area contributed by atoms with Crippen LogP contribution in [0.25, 0.3) is 0 Å². The molecule has 0 saturated heterocycles. The van der Waals surface area contributed by atoms with E-state index in [-0.39, 0.29) is 17.8 Å². The van der Waals surface area contributed by atoms with Gasteiger partial charge in [-0.25, -0.2) is 4.99 Å². The maximum absolute atomic E-state index is 13.6. The van der Waals surface area contributed by atoms with Crippen molar-refractivity contribution < 1.29 is 19.5 Å². The van der Waals surface area contributed by atoms with Crippen LogP contribution in [0.15, 0.2) is 64.1 Å². The molecule has 0 radical (unpaired) electrons. The summed E-state index contributed by atoms with van der Waals surface area (Å²) in [5.41, 5.74) is 1.65. The van der Waals surface area contributed by atoms with Gasteiger partial charge in [0.15, 0.2) is 0 Å². The molecule has 0 aliphatic carbocycles. The number of hydrogen-bond donors (Lipinski definition) is 3. The zero-order valence-electron chi connectivity index (χ0n) is 19.4. The van der Waals surface area contributed by atoms with Gasteiger partial charge in [0, 0.05) is 10.9 Å². The molecule has 2 amide bonds. The third-order valence-electron chi connectivity index (χ3n) is 5.46. The number of nitrogens with one attached hydrogen (secondary N) is 2.